The van der Waals surface area contributed by atoms with Gasteiger partial charge < -0.3 is 32.2 Å². The zero-order valence-electron chi connectivity index (χ0n) is 42.9. The molecule has 20 nitrogen and oxygen atoms in total. The molecule has 4 aromatic carbocycles. The second-order valence-corrected chi connectivity index (χ2v) is 26.3. The maximum Gasteiger partial charge on any atom is 1.00 e. The van der Waals surface area contributed by atoms with Crippen molar-refractivity contribution >= 4 is 99.3 Å². The van der Waals surface area contributed by atoms with Crippen molar-refractivity contribution in [2.24, 2.45) is 0 Å². The molecule has 0 spiro atoms. The van der Waals surface area contributed by atoms with E-state index < -0.39 is 103 Å². The van der Waals surface area contributed by atoms with Crippen molar-refractivity contribution < 1.29 is 230 Å². The van der Waals surface area contributed by atoms with Crippen LogP contribution in [0.3, 0.4) is 0 Å². The van der Waals surface area contributed by atoms with Gasteiger partial charge in [0, 0.05) is 69.7 Å². The van der Waals surface area contributed by atoms with Gasteiger partial charge in [-0.15, -0.1) is 0 Å². The minimum Gasteiger partial charge on any atom is -0.748 e. The predicted molar refractivity (Wildman–Crippen MR) is 251 cm³/mol. The van der Waals surface area contributed by atoms with Crippen LogP contribution in [0, 0.1) is 0 Å². The Morgan fingerprint density at radius 3 is 1.51 bits per heavy atom. The van der Waals surface area contributed by atoms with Crippen LogP contribution < -0.4 is 153 Å². The summed E-state index contributed by atoms with van der Waals surface area (Å²) >= 11 is 0. The maximum atomic E-state index is 12.7. The van der Waals surface area contributed by atoms with Crippen molar-refractivity contribution in [1.82, 2.24) is 0 Å². The summed E-state index contributed by atoms with van der Waals surface area (Å²) < 4.78 is 218. The van der Waals surface area contributed by atoms with Crippen LogP contribution in [0.4, 0.5) is 11.4 Å². The molecule has 6 rings (SSSR count). The Hall–Kier alpha value is 0.290. The van der Waals surface area contributed by atoms with Crippen LogP contribution >= 0.6 is 0 Å². The molecule has 2 aliphatic rings. The fourth-order valence-electron chi connectivity index (χ4n) is 9.18. The van der Waals surface area contributed by atoms with Crippen molar-refractivity contribution in [2.45, 2.75) is 90.7 Å². The minimum atomic E-state index is -5.39. The van der Waals surface area contributed by atoms with Gasteiger partial charge in [0.1, 0.15) is 47.0 Å². The zero-order chi connectivity index (χ0) is 52.4. The second kappa shape index (κ2) is 27.1. The first kappa shape index (κ1) is 73.3. The summed E-state index contributed by atoms with van der Waals surface area (Å²) in [6, 6.07) is 8.78. The standard InChI is InChI=1S/C44H50N2O18S6.5Na/c1-28(12-10-14-37-43(2,3)41-33(45(37)20-6-8-22-65(47,48)49)18-16-29-24-31(67(53,54)55)26-35(39(29)41)69(59,60)61)13-11-15-38-44(4,5)42-34(46(38)21-7-9-23-66(50,51)52)19-17-30-25-32(68(56,57)58)27-36(40(30)42)70(62,63)64;;;;;/h10-19,24-27H,6-9,20-23H2,1-5H3,(H5-,47,48,49,50,51,52,53,54,55,56,57,58,59,60,61,62,63,64);;;;;/q;5*+1/p-5. The molecule has 4 aromatic rings. The van der Waals surface area contributed by atoms with E-state index in [9.17, 15) is 77.8 Å². The van der Waals surface area contributed by atoms with Crippen LogP contribution in [0.25, 0.3) is 21.5 Å². The first-order chi connectivity index (χ1) is 31.9. The molecular weight excluding hydrogens is 1150 g/mol. The molecule has 75 heavy (non-hydrogen) atoms. The zero-order valence-corrected chi connectivity index (χ0v) is 57.8. The van der Waals surface area contributed by atoms with Gasteiger partial charge in [-0.2, -0.15) is 4.58 Å². The summed E-state index contributed by atoms with van der Waals surface area (Å²) in [6.45, 7) is 8.80. The fourth-order valence-corrected chi connectivity index (χ4v) is 13.0. The average molecular weight is 1200 g/mol. The Morgan fingerprint density at radius 2 is 1.04 bits per heavy atom. The van der Waals surface area contributed by atoms with Gasteiger partial charge in [-0.3, -0.25) is 0 Å². The Kier molecular flexibility index (Phi) is 26.5. The molecule has 2 heterocycles. The largest absolute Gasteiger partial charge is 1.00 e. The van der Waals surface area contributed by atoms with Crippen LogP contribution in [0.5, 0.6) is 0 Å². The number of anilines is 1. The van der Waals surface area contributed by atoms with Gasteiger partial charge in [0.15, 0.2) is 5.71 Å². The Bertz CT molecular complexity index is 3750. The molecule has 31 heteroatoms. The van der Waals surface area contributed by atoms with E-state index in [4.69, 9.17) is 0 Å². The number of unbranched alkanes of at least 4 members (excludes halogenated alkanes) is 2. The van der Waals surface area contributed by atoms with E-state index in [1.54, 1.807) is 92.7 Å². The molecule has 0 N–H and O–H groups in total. The van der Waals surface area contributed by atoms with E-state index in [2.05, 4.69) is 0 Å². The molecule has 0 atom stereocenters. The van der Waals surface area contributed by atoms with Crippen LogP contribution in [0.1, 0.15) is 71.4 Å². The van der Waals surface area contributed by atoms with Gasteiger partial charge in [0.25, 0.3) is 0 Å². The third-order valence-electron chi connectivity index (χ3n) is 12.2. The van der Waals surface area contributed by atoms with Crippen LogP contribution in [-0.2, 0) is 71.5 Å². The summed E-state index contributed by atoms with van der Waals surface area (Å²) in [7, 11) is -30.3. The first-order valence-corrected chi connectivity index (χ1v) is 29.8. The van der Waals surface area contributed by atoms with Crippen molar-refractivity contribution in [3.8, 4) is 0 Å². The van der Waals surface area contributed by atoms with E-state index in [-0.39, 0.29) is 208 Å². The molecule has 0 amide bonds. The van der Waals surface area contributed by atoms with Crippen molar-refractivity contribution in [3.63, 3.8) is 0 Å². The number of fused-ring (bicyclic) bond motifs is 6. The molecule has 0 radical (unpaired) electrons. The van der Waals surface area contributed by atoms with Crippen molar-refractivity contribution in [2.75, 3.05) is 29.5 Å². The summed E-state index contributed by atoms with van der Waals surface area (Å²) in [5.74, 6) is -1.31. The monoisotopic (exact) mass is 1200 g/mol. The summed E-state index contributed by atoms with van der Waals surface area (Å²) in [5, 5.41) is -0.287. The van der Waals surface area contributed by atoms with E-state index in [0.717, 1.165) is 12.1 Å². The number of hydrogen-bond acceptors (Lipinski definition) is 19. The van der Waals surface area contributed by atoms with Gasteiger partial charge in [-0.05, 0) is 98.8 Å². The number of nitrogens with zero attached hydrogens (tertiary/aromatic N) is 2. The SMILES string of the molecule is CC(/C=C/C=C1/N(CCCCS(=O)(=O)[O-])c2ccc3cc(S(=O)(=O)[O-])cc(S(=O)(=O)[O-])c3c2C1(C)C)=C\C=C\C1=[N+](CCCCS(=O)(=O)[O-])c2ccc3cc(S(=O)(=O)[O-])cc(S(=O)(=O)[O-])c3c2C1(C)C.[Na+].[Na+].[Na+].[Na+].[Na+]. The second-order valence-electron chi connectivity index (χ2n) is 17.8. The van der Waals surface area contributed by atoms with Crippen molar-refractivity contribution in [3.05, 3.63) is 107 Å². The van der Waals surface area contributed by atoms with E-state index in [1.807, 2.05) is 0 Å². The molecule has 0 fully saturated rings. The Labute approximate surface area is 549 Å². The van der Waals surface area contributed by atoms with Crippen LogP contribution in [-0.4, -0.2) is 113 Å². The maximum absolute atomic E-state index is 12.7. The molecule has 2 aliphatic heterocycles. The van der Waals surface area contributed by atoms with Gasteiger partial charge in [0.05, 0.1) is 45.2 Å². The van der Waals surface area contributed by atoms with Gasteiger partial charge in [0.2, 0.25) is 5.69 Å². The van der Waals surface area contributed by atoms with Gasteiger partial charge >= 0.3 is 148 Å². The third-order valence-corrected chi connectivity index (χ3v) is 17.1. The predicted octanol–water partition coefficient (Wildman–Crippen LogP) is -10.6. The van der Waals surface area contributed by atoms with Crippen molar-refractivity contribution in [1.29, 1.82) is 0 Å². The molecule has 380 valence electrons. The molecule has 0 aromatic heterocycles. The smallest absolute Gasteiger partial charge is 0.748 e. The molecule has 0 aliphatic carbocycles. The number of rotatable bonds is 18. The Balaban J connectivity index is 0.00000562. The number of benzene rings is 4. The summed E-state index contributed by atoms with van der Waals surface area (Å²) in [5.41, 5.74) is 0.744. The molecule has 0 unspecified atom stereocenters. The summed E-state index contributed by atoms with van der Waals surface area (Å²) in [6.07, 6.45) is 10.3. The minimum absolute atomic E-state index is 0. The van der Waals surface area contributed by atoms with E-state index in [0.29, 0.717) is 51.6 Å². The average Bonchev–Trinajstić information content (AvgIpc) is 3.56. The fraction of sp³-hybridized carbons (Fsp3) is 0.341. The van der Waals surface area contributed by atoms with Gasteiger partial charge in [-0.25, -0.2) is 50.5 Å². The summed E-state index contributed by atoms with van der Waals surface area (Å²) in [4.78, 5) is -1.97. The quantitative estimate of drug-likeness (QED) is 0.0293. The molecule has 0 saturated heterocycles. The molecular formula is C44H45N2Na5O18S6. The van der Waals surface area contributed by atoms with Crippen LogP contribution in [0.2, 0.25) is 0 Å². The Morgan fingerprint density at radius 1 is 0.573 bits per heavy atom. The number of allylic oxidation sites excluding steroid dienone is 8. The number of hydrogen-bond donors (Lipinski definition) is 0. The molecule has 0 saturated carbocycles. The van der Waals surface area contributed by atoms with Crippen LogP contribution in [0.15, 0.2) is 116 Å². The van der Waals surface area contributed by atoms with E-state index >= 15 is 0 Å². The third kappa shape index (κ3) is 17.2. The topological polar surface area (TPSA) is 349 Å². The first-order valence-electron chi connectivity index (χ1n) is 21.0. The van der Waals surface area contributed by atoms with E-state index in [1.165, 1.54) is 12.1 Å². The molecule has 0 bridgehead atoms. The normalized spacial score (nSPS) is 16.3. The van der Waals surface area contributed by atoms with Gasteiger partial charge in [-0.1, -0.05) is 49.8 Å².